The molecule has 0 spiro atoms. The molecule has 1 aliphatic rings. The van der Waals surface area contributed by atoms with Crippen LogP contribution in [0.25, 0.3) is 0 Å². The van der Waals surface area contributed by atoms with E-state index in [-0.39, 0.29) is 12.5 Å². The quantitative estimate of drug-likeness (QED) is 0.0330. The maximum Gasteiger partial charge on any atom is 0.220 e. The van der Waals surface area contributed by atoms with E-state index in [9.17, 15) is 30.3 Å². The fourth-order valence-corrected chi connectivity index (χ4v) is 5.97. The zero-order valence-electron chi connectivity index (χ0n) is 31.4. The van der Waals surface area contributed by atoms with Crippen molar-refractivity contribution in [2.75, 3.05) is 13.2 Å². The Morgan fingerprint density at radius 1 is 0.700 bits per heavy atom. The molecule has 290 valence electrons. The number of aliphatic hydroxyl groups excluding tert-OH is 5. The van der Waals surface area contributed by atoms with Crippen molar-refractivity contribution in [2.24, 2.45) is 0 Å². The summed E-state index contributed by atoms with van der Waals surface area (Å²) >= 11 is 0. The van der Waals surface area contributed by atoms with E-state index in [0.29, 0.717) is 12.8 Å². The number of hydrogen-bond acceptors (Lipinski definition) is 8. The van der Waals surface area contributed by atoms with Crippen LogP contribution in [0.15, 0.2) is 48.6 Å². The largest absolute Gasteiger partial charge is 0.394 e. The van der Waals surface area contributed by atoms with Crippen molar-refractivity contribution in [2.45, 2.75) is 192 Å². The molecule has 9 heteroatoms. The Morgan fingerprint density at radius 3 is 1.84 bits per heavy atom. The predicted octanol–water partition coefficient (Wildman–Crippen LogP) is 7.11. The Balaban J connectivity index is 2.41. The van der Waals surface area contributed by atoms with Crippen molar-refractivity contribution in [3.63, 3.8) is 0 Å². The second kappa shape index (κ2) is 31.9. The first kappa shape index (κ1) is 46.2. The molecule has 9 nitrogen and oxygen atoms in total. The number of rotatable bonds is 31. The van der Waals surface area contributed by atoms with Crippen molar-refractivity contribution in [1.82, 2.24) is 5.32 Å². The van der Waals surface area contributed by atoms with E-state index in [1.165, 1.54) is 44.9 Å². The molecule has 1 rings (SSSR count). The van der Waals surface area contributed by atoms with Crippen LogP contribution in [0, 0.1) is 0 Å². The van der Waals surface area contributed by atoms with Crippen molar-refractivity contribution in [3.05, 3.63) is 48.6 Å². The first-order valence-electron chi connectivity index (χ1n) is 19.8. The summed E-state index contributed by atoms with van der Waals surface area (Å²) in [6, 6.07) is -0.730. The molecule has 0 aromatic carbocycles. The molecule has 1 aliphatic heterocycles. The molecule has 0 aliphatic carbocycles. The van der Waals surface area contributed by atoms with Gasteiger partial charge in [0.1, 0.15) is 24.4 Å². The molecule has 0 aromatic rings. The maximum atomic E-state index is 12.9. The number of carbonyl (C=O) groups excluding carboxylic acids is 1. The van der Waals surface area contributed by atoms with Crippen LogP contribution in [0.5, 0.6) is 0 Å². The van der Waals surface area contributed by atoms with Gasteiger partial charge in [0.2, 0.25) is 5.91 Å². The lowest BCUT2D eigenvalue weighted by molar-refractivity contribution is -0.302. The number of aliphatic hydroxyl groups is 5. The van der Waals surface area contributed by atoms with E-state index in [0.717, 1.165) is 77.0 Å². The number of ether oxygens (including phenoxy) is 2. The summed E-state index contributed by atoms with van der Waals surface area (Å²) in [4.78, 5) is 12.9. The molecule has 0 radical (unpaired) electrons. The van der Waals surface area contributed by atoms with Crippen molar-refractivity contribution < 1.29 is 39.8 Å². The number of amides is 1. The fourth-order valence-electron chi connectivity index (χ4n) is 5.97. The average molecular weight is 708 g/mol. The lowest BCUT2D eigenvalue weighted by Gasteiger charge is -2.40. The summed E-state index contributed by atoms with van der Waals surface area (Å²) in [5.74, 6) is -0.173. The van der Waals surface area contributed by atoms with Gasteiger partial charge in [-0.3, -0.25) is 4.79 Å². The van der Waals surface area contributed by atoms with Gasteiger partial charge in [0.25, 0.3) is 0 Å². The summed E-state index contributed by atoms with van der Waals surface area (Å²) in [6.07, 6.45) is 31.2. The third-order valence-corrected chi connectivity index (χ3v) is 9.20. The molecule has 50 heavy (non-hydrogen) atoms. The molecule has 1 heterocycles. The lowest BCUT2D eigenvalue weighted by Crippen LogP contribution is -2.60. The van der Waals surface area contributed by atoms with Gasteiger partial charge in [-0.2, -0.15) is 0 Å². The number of carbonyl (C=O) groups is 1. The molecule has 1 fully saturated rings. The van der Waals surface area contributed by atoms with Crippen LogP contribution >= 0.6 is 0 Å². The van der Waals surface area contributed by atoms with Gasteiger partial charge in [-0.1, -0.05) is 140 Å². The predicted molar refractivity (Wildman–Crippen MR) is 203 cm³/mol. The molecule has 7 atom stereocenters. The molecule has 6 N–H and O–H groups in total. The standard InChI is InChI=1S/C41H73NO8/c1-3-5-7-9-11-13-15-16-17-18-19-20-21-23-25-27-29-31-37(45)42-34(33-49-41-40(48)39(47)38(46)36(32-43)50-41)35(44)30-28-26-24-22-14-12-10-8-6-4-2/h5,7,11,13,16-17,19-20,34-36,38-41,43-44,46-48H,3-4,6,8-10,12,14-15,18,21-33H2,1-2H3,(H,42,45)/b7-5-,13-11-,17-16-,20-19-. The number of hydrogen-bond donors (Lipinski definition) is 6. The van der Waals surface area contributed by atoms with Crippen LogP contribution < -0.4 is 5.32 Å². The third-order valence-electron chi connectivity index (χ3n) is 9.20. The van der Waals surface area contributed by atoms with Crippen LogP contribution in [0.3, 0.4) is 0 Å². The Hall–Kier alpha value is -1.85. The zero-order chi connectivity index (χ0) is 36.7. The molecule has 0 aromatic heterocycles. The monoisotopic (exact) mass is 708 g/mol. The van der Waals surface area contributed by atoms with Gasteiger partial charge in [0, 0.05) is 6.42 Å². The Labute approximate surface area is 303 Å². The summed E-state index contributed by atoms with van der Waals surface area (Å²) in [5.41, 5.74) is 0. The molecule has 1 amide bonds. The van der Waals surface area contributed by atoms with E-state index in [2.05, 4.69) is 67.8 Å². The molecular formula is C41H73NO8. The molecule has 1 saturated heterocycles. The SMILES string of the molecule is CC/C=C\C/C=C\C/C=C\C/C=C\CCCCCCC(=O)NC(COC1OC(CO)C(O)C(O)C1O)C(O)CCCCCCCCCCCC. The second-order valence-electron chi connectivity index (χ2n) is 13.7. The van der Waals surface area contributed by atoms with Gasteiger partial charge in [0.15, 0.2) is 6.29 Å². The van der Waals surface area contributed by atoms with E-state index >= 15 is 0 Å². The summed E-state index contributed by atoms with van der Waals surface area (Å²) in [6.45, 7) is 3.66. The smallest absolute Gasteiger partial charge is 0.220 e. The number of nitrogens with one attached hydrogen (secondary N) is 1. The highest BCUT2D eigenvalue weighted by molar-refractivity contribution is 5.76. The van der Waals surface area contributed by atoms with Gasteiger partial charge in [0.05, 0.1) is 25.4 Å². The third kappa shape index (κ3) is 22.9. The van der Waals surface area contributed by atoms with Gasteiger partial charge >= 0.3 is 0 Å². The molecule has 0 bridgehead atoms. The molecule has 0 saturated carbocycles. The van der Waals surface area contributed by atoms with Crippen LogP contribution in [0.4, 0.5) is 0 Å². The minimum absolute atomic E-state index is 0.151. The van der Waals surface area contributed by atoms with E-state index in [4.69, 9.17) is 9.47 Å². The maximum absolute atomic E-state index is 12.9. The highest BCUT2D eigenvalue weighted by Gasteiger charge is 2.44. The summed E-state index contributed by atoms with van der Waals surface area (Å²) in [7, 11) is 0. The first-order valence-corrected chi connectivity index (χ1v) is 19.8. The Bertz CT molecular complexity index is 920. The highest BCUT2D eigenvalue weighted by Crippen LogP contribution is 2.23. The minimum atomic E-state index is -1.56. The normalized spacial score (nSPS) is 22.7. The molecular weight excluding hydrogens is 634 g/mol. The summed E-state index contributed by atoms with van der Waals surface area (Å²) in [5, 5.41) is 54.0. The first-order chi connectivity index (χ1) is 24.3. The van der Waals surface area contributed by atoms with Crippen molar-refractivity contribution in [3.8, 4) is 0 Å². The number of allylic oxidation sites excluding steroid dienone is 8. The van der Waals surface area contributed by atoms with Gasteiger partial charge < -0.3 is 40.3 Å². The van der Waals surface area contributed by atoms with Gasteiger partial charge in [-0.25, -0.2) is 0 Å². The topological polar surface area (TPSA) is 149 Å². The van der Waals surface area contributed by atoms with E-state index in [1.54, 1.807) is 0 Å². The van der Waals surface area contributed by atoms with Gasteiger partial charge in [-0.05, 0) is 51.4 Å². The second-order valence-corrected chi connectivity index (χ2v) is 13.7. The Kier molecular flexibility index (Phi) is 29.4. The summed E-state index contributed by atoms with van der Waals surface area (Å²) < 4.78 is 11.2. The fraction of sp³-hybridized carbons (Fsp3) is 0.780. The van der Waals surface area contributed by atoms with Crippen LogP contribution in [-0.2, 0) is 14.3 Å². The van der Waals surface area contributed by atoms with Crippen LogP contribution in [0.2, 0.25) is 0 Å². The highest BCUT2D eigenvalue weighted by atomic mass is 16.7. The van der Waals surface area contributed by atoms with Gasteiger partial charge in [-0.15, -0.1) is 0 Å². The van der Waals surface area contributed by atoms with Crippen LogP contribution in [-0.4, -0.2) is 87.5 Å². The average Bonchev–Trinajstić information content (AvgIpc) is 3.11. The van der Waals surface area contributed by atoms with E-state index in [1.807, 2.05) is 0 Å². The Morgan fingerprint density at radius 2 is 1.24 bits per heavy atom. The lowest BCUT2D eigenvalue weighted by atomic mass is 9.99. The van der Waals surface area contributed by atoms with Crippen LogP contribution in [0.1, 0.15) is 149 Å². The van der Waals surface area contributed by atoms with E-state index < -0.39 is 49.5 Å². The zero-order valence-corrected chi connectivity index (χ0v) is 31.4. The van der Waals surface area contributed by atoms with Crippen molar-refractivity contribution in [1.29, 1.82) is 0 Å². The molecule has 7 unspecified atom stereocenters. The number of unbranched alkanes of at least 4 members (excludes halogenated alkanes) is 13. The minimum Gasteiger partial charge on any atom is -0.394 e. The van der Waals surface area contributed by atoms with Crippen molar-refractivity contribution >= 4 is 5.91 Å².